The zero-order valence-electron chi connectivity index (χ0n) is 10.1. The lowest BCUT2D eigenvalue weighted by Crippen LogP contribution is -2.09. The average Bonchev–Trinajstić information content (AvgIpc) is 2.37. The van der Waals surface area contributed by atoms with Crippen molar-refractivity contribution in [3.63, 3.8) is 0 Å². The maximum absolute atomic E-state index is 13.6. The van der Waals surface area contributed by atoms with Gasteiger partial charge >= 0.3 is 0 Å². The standard InChI is InChI=1S/C14H11BrClF2N/c1-8(10-3-2-4-13(17)14(10)18)19-9-5-6-11(15)12(16)7-9/h2-8,19H,1H3. The van der Waals surface area contributed by atoms with Crippen LogP contribution in [-0.2, 0) is 0 Å². The van der Waals surface area contributed by atoms with Crippen LogP contribution in [0.5, 0.6) is 0 Å². The molecule has 1 unspecified atom stereocenters. The molecular formula is C14H11BrClF2N. The smallest absolute Gasteiger partial charge is 0.164 e. The van der Waals surface area contributed by atoms with Gasteiger partial charge in [0.1, 0.15) is 0 Å². The van der Waals surface area contributed by atoms with Crippen LogP contribution < -0.4 is 5.32 Å². The Kier molecular flexibility index (Phi) is 4.42. The van der Waals surface area contributed by atoms with Crippen molar-refractivity contribution in [1.82, 2.24) is 0 Å². The fourth-order valence-electron chi connectivity index (χ4n) is 1.77. The number of rotatable bonds is 3. The highest BCUT2D eigenvalue weighted by Gasteiger charge is 2.14. The van der Waals surface area contributed by atoms with Crippen molar-refractivity contribution in [3.8, 4) is 0 Å². The highest BCUT2D eigenvalue weighted by atomic mass is 79.9. The Balaban J connectivity index is 2.23. The first kappa shape index (κ1) is 14.3. The summed E-state index contributed by atoms with van der Waals surface area (Å²) in [7, 11) is 0. The second-order valence-electron chi connectivity index (χ2n) is 4.14. The summed E-state index contributed by atoms with van der Waals surface area (Å²) in [6, 6.07) is 9.09. The zero-order valence-corrected chi connectivity index (χ0v) is 12.4. The van der Waals surface area contributed by atoms with E-state index in [0.29, 0.717) is 5.02 Å². The van der Waals surface area contributed by atoms with E-state index in [0.717, 1.165) is 16.2 Å². The molecule has 100 valence electrons. The monoisotopic (exact) mass is 345 g/mol. The number of benzene rings is 2. The van der Waals surface area contributed by atoms with Crippen molar-refractivity contribution in [2.24, 2.45) is 0 Å². The van der Waals surface area contributed by atoms with E-state index >= 15 is 0 Å². The van der Waals surface area contributed by atoms with Crippen molar-refractivity contribution >= 4 is 33.2 Å². The van der Waals surface area contributed by atoms with E-state index in [1.807, 2.05) is 6.07 Å². The summed E-state index contributed by atoms with van der Waals surface area (Å²) in [4.78, 5) is 0. The van der Waals surface area contributed by atoms with Gasteiger partial charge < -0.3 is 5.32 Å². The first-order valence-corrected chi connectivity index (χ1v) is 6.81. The molecule has 0 saturated heterocycles. The lowest BCUT2D eigenvalue weighted by molar-refractivity contribution is 0.494. The van der Waals surface area contributed by atoms with Crippen molar-refractivity contribution in [3.05, 3.63) is 63.1 Å². The minimum absolute atomic E-state index is 0.277. The summed E-state index contributed by atoms with van der Waals surface area (Å²) in [6.45, 7) is 1.76. The maximum Gasteiger partial charge on any atom is 0.164 e. The fourth-order valence-corrected chi connectivity index (χ4v) is 2.20. The van der Waals surface area contributed by atoms with Gasteiger partial charge in [0.25, 0.3) is 0 Å². The second kappa shape index (κ2) is 5.88. The van der Waals surface area contributed by atoms with Crippen LogP contribution >= 0.6 is 27.5 Å². The quantitative estimate of drug-likeness (QED) is 0.768. The second-order valence-corrected chi connectivity index (χ2v) is 5.40. The Morgan fingerprint density at radius 2 is 1.95 bits per heavy atom. The molecule has 19 heavy (non-hydrogen) atoms. The van der Waals surface area contributed by atoms with Crippen LogP contribution in [0.15, 0.2) is 40.9 Å². The summed E-state index contributed by atoms with van der Waals surface area (Å²) in [5.41, 5.74) is 1.02. The van der Waals surface area contributed by atoms with Crippen LogP contribution in [0.3, 0.4) is 0 Å². The predicted octanol–water partition coefficient (Wildman–Crippen LogP) is 5.55. The number of halogens is 4. The van der Waals surface area contributed by atoms with Crippen LogP contribution in [0.2, 0.25) is 5.02 Å². The van der Waals surface area contributed by atoms with Crippen molar-refractivity contribution in [2.45, 2.75) is 13.0 Å². The number of anilines is 1. The largest absolute Gasteiger partial charge is 0.378 e. The molecule has 0 heterocycles. The van der Waals surface area contributed by atoms with E-state index in [2.05, 4.69) is 21.2 Å². The maximum atomic E-state index is 13.6. The molecule has 0 saturated carbocycles. The molecule has 0 aliphatic heterocycles. The summed E-state index contributed by atoms with van der Waals surface area (Å²) in [5, 5.41) is 3.64. The molecule has 0 aromatic heterocycles. The molecule has 5 heteroatoms. The average molecular weight is 347 g/mol. The molecular weight excluding hydrogens is 336 g/mol. The Hall–Kier alpha value is -1.13. The number of hydrogen-bond donors (Lipinski definition) is 1. The van der Waals surface area contributed by atoms with Gasteiger partial charge in [-0.3, -0.25) is 0 Å². The van der Waals surface area contributed by atoms with E-state index in [1.54, 1.807) is 25.1 Å². The van der Waals surface area contributed by atoms with Crippen LogP contribution in [0, 0.1) is 11.6 Å². The van der Waals surface area contributed by atoms with E-state index in [9.17, 15) is 8.78 Å². The first-order valence-electron chi connectivity index (χ1n) is 5.64. The van der Waals surface area contributed by atoms with Gasteiger partial charge in [-0.1, -0.05) is 23.7 Å². The molecule has 2 aromatic carbocycles. The van der Waals surface area contributed by atoms with Crippen LogP contribution in [0.4, 0.5) is 14.5 Å². The van der Waals surface area contributed by atoms with Crippen molar-refractivity contribution in [1.29, 1.82) is 0 Å². The third kappa shape index (κ3) is 3.25. The fraction of sp³-hybridized carbons (Fsp3) is 0.143. The summed E-state index contributed by atoms with van der Waals surface area (Å²) in [5.74, 6) is -1.68. The molecule has 2 aromatic rings. The van der Waals surface area contributed by atoms with Gasteiger partial charge in [-0.05, 0) is 47.1 Å². The number of nitrogens with one attached hydrogen (secondary N) is 1. The van der Waals surface area contributed by atoms with Crippen LogP contribution in [0.1, 0.15) is 18.5 Å². The minimum atomic E-state index is -0.847. The normalized spacial score (nSPS) is 12.3. The van der Waals surface area contributed by atoms with Gasteiger partial charge in [-0.15, -0.1) is 0 Å². The van der Waals surface area contributed by atoms with E-state index < -0.39 is 11.6 Å². The Morgan fingerprint density at radius 3 is 2.63 bits per heavy atom. The zero-order chi connectivity index (χ0) is 14.0. The SMILES string of the molecule is CC(Nc1ccc(Br)c(Cl)c1)c1cccc(F)c1F. The first-order chi connectivity index (χ1) is 8.99. The minimum Gasteiger partial charge on any atom is -0.378 e. The van der Waals surface area contributed by atoms with Crippen LogP contribution in [0.25, 0.3) is 0 Å². The third-order valence-electron chi connectivity index (χ3n) is 2.75. The Labute approximate surface area is 123 Å². The molecule has 0 radical (unpaired) electrons. The van der Waals surface area contributed by atoms with Gasteiger partial charge in [-0.25, -0.2) is 8.78 Å². The number of hydrogen-bond acceptors (Lipinski definition) is 1. The van der Waals surface area contributed by atoms with Gasteiger partial charge in [0, 0.05) is 15.7 Å². The van der Waals surface area contributed by atoms with Gasteiger partial charge in [0.2, 0.25) is 0 Å². The van der Waals surface area contributed by atoms with Gasteiger partial charge in [0.05, 0.1) is 11.1 Å². The summed E-state index contributed by atoms with van der Waals surface area (Å²) >= 11 is 9.27. The van der Waals surface area contributed by atoms with Crippen LogP contribution in [-0.4, -0.2) is 0 Å². The van der Waals surface area contributed by atoms with E-state index in [-0.39, 0.29) is 11.6 Å². The molecule has 1 N–H and O–H groups in total. The summed E-state index contributed by atoms with van der Waals surface area (Å²) < 4.78 is 27.6. The Bertz CT molecular complexity index is 604. The van der Waals surface area contributed by atoms with Gasteiger partial charge in [0.15, 0.2) is 11.6 Å². The van der Waals surface area contributed by atoms with Crippen molar-refractivity contribution in [2.75, 3.05) is 5.32 Å². The van der Waals surface area contributed by atoms with E-state index in [4.69, 9.17) is 11.6 Å². The third-order valence-corrected chi connectivity index (χ3v) is 3.98. The topological polar surface area (TPSA) is 12.0 Å². The predicted molar refractivity (Wildman–Crippen MR) is 77.5 cm³/mol. The summed E-state index contributed by atoms with van der Waals surface area (Å²) in [6.07, 6.45) is 0. The molecule has 1 nitrogen and oxygen atoms in total. The molecule has 0 fully saturated rings. The lowest BCUT2D eigenvalue weighted by Gasteiger charge is -2.17. The van der Waals surface area contributed by atoms with E-state index in [1.165, 1.54) is 6.07 Å². The molecule has 0 bridgehead atoms. The Morgan fingerprint density at radius 1 is 1.21 bits per heavy atom. The molecule has 0 aliphatic carbocycles. The molecule has 1 atom stereocenters. The molecule has 0 amide bonds. The highest BCUT2D eigenvalue weighted by Crippen LogP contribution is 2.28. The molecule has 0 aliphatic rings. The highest BCUT2D eigenvalue weighted by molar-refractivity contribution is 9.10. The van der Waals surface area contributed by atoms with Crippen molar-refractivity contribution < 1.29 is 8.78 Å². The van der Waals surface area contributed by atoms with Gasteiger partial charge in [-0.2, -0.15) is 0 Å². The molecule has 2 rings (SSSR count). The lowest BCUT2D eigenvalue weighted by atomic mass is 10.1. The molecule has 0 spiro atoms.